The zero-order valence-electron chi connectivity index (χ0n) is 15.0. The molecule has 28 heavy (non-hydrogen) atoms. The number of primary amides is 2. The second-order valence-corrected chi connectivity index (χ2v) is 5.15. The molecule has 6 N–H and O–H groups in total. The van der Waals surface area contributed by atoms with Gasteiger partial charge >= 0.3 is 11.9 Å². The first-order chi connectivity index (χ1) is 13.2. The number of unbranched alkanes of at least 4 members (excludes halogenated alkanes) is 1. The Hall–Kier alpha value is -3.82. The van der Waals surface area contributed by atoms with Crippen LogP contribution in [0, 0.1) is 0 Å². The molecule has 0 aromatic carbocycles. The van der Waals surface area contributed by atoms with Crippen molar-refractivity contribution in [2.45, 2.75) is 25.7 Å². The van der Waals surface area contributed by atoms with Gasteiger partial charge in [0.05, 0.1) is 0 Å². The van der Waals surface area contributed by atoms with Crippen molar-refractivity contribution in [1.82, 2.24) is 9.97 Å². The van der Waals surface area contributed by atoms with E-state index in [1.165, 1.54) is 12.4 Å². The molecule has 2 amide bonds. The van der Waals surface area contributed by atoms with E-state index in [0.29, 0.717) is 24.2 Å². The number of carboxylic acid groups (broad SMARTS) is 2. The summed E-state index contributed by atoms with van der Waals surface area (Å²) in [7, 11) is 0. The Morgan fingerprint density at radius 3 is 1.25 bits per heavy atom. The van der Waals surface area contributed by atoms with Gasteiger partial charge in [0.2, 0.25) is 0 Å². The standard InChI is InChI=1S/2C6H6N2O.C6H10O4/c2*7-6(9)5-3-1-2-4-8-5;7-5(8)3-1-2-4-6(9)10/h2*1-4H,(H2,7,9);1-4H2,(H,7,8)(H,9,10). The molecule has 0 radical (unpaired) electrons. The third-order valence-corrected chi connectivity index (χ3v) is 2.87. The number of rotatable bonds is 7. The topological polar surface area (TPSA) is 187 Å². The molecule has 0 aliphatic heterocycles. The lowest BCUT2D eigenvalue weighted by Gasteiger charge is -1.92. The molecule has 0 saturated carbocycles. The van der Waals surface area contributed by atoms with Gasteiger partial charge in [-0.1, -0.05) is 12.1 Å². The van der Waals surface area contributed by atoms with Gasteiger partial charge in [0.25, 0.3) is 11.8 Å². The average Bonchev–Trinajstić information content (AvgIpc) is 2.67. The van der Waals surface area contributed by atoms with E-state index in [4.69, 9.17) is 21.7 Å². The molecule has 0 atom stereocenters. The number of aromatic nitrogens is 2. The van der Waals surface area contributed by atoms with E-state index in [1.54, 1.807) is 36.4 Å². The molecule has 2 aromatic rings. The summed E-state index contributed by atoms with van der Waals surface area (Å²) in [5.74, 6) is -2.72. The summed E-state index contributed by atoms with van der Waals surface area (Å²) in [5.41, 5.74) is 10.4. The SMILES string of the molecule is NC(=O)c1ccccn1.NC(=O)c1ccccn1.O=C(O)CCCCC(=O)O. The number of nitrogens with two attached hydrogens (primary N) is 2. The molecule has 0 fully saturated rings. The number of amides is 2. The van der Waals surface area contributed by atoms with Crippen LogP contribution in [0.2, 0.25) is 0 Å². The molecule has 0 aliphatic carbocycles. The summed E-state index contributed by atoms with van der Waals surface area (Å²) < 4.78 is 0. The van der Waals surface area contributed by atoms with Crippen molar-refractivity contribution in [3.63, 3.8) is 0 Å². The van der Waals surface area contributed by atoms with Crippen LogP contribution in [0.15, 0.2) is 48.8 Å². The lowest BCUT2D eigenvalue weighted by Crippen LogP contribution is -2.12. The lowest BCUT2D eigenvalue weighted by molar-refractivity contribution is -0.139. The van der Waals surface area contributed by atoms with Crippen molar-refractivity contribution in [1.29, 1.82) is 0 Å². The van der Waals surface area contributed by atoms with Crippen molar-refractivity contribution in [2.75, 3.05) is 0 Å². The van der Waals surface area contributed by atoms with Gasteiger partial charge in [-0.15, -0.1) is 0 Å². The Morgan fingerprint density at radius 1 is 0.714 bits per heavy atom. The van der Waals surface area contributed by atoms with Gasteiger partial charge in [-0.25, -0.2) is 0 Å². The van der Waals surface area contributed by atoms with Gasteiger partial charge in [0.15, 0.2) is 0 Å². The predicted molar refractivity (Wildman–Crippen MR) is 99.2 cm³/mol. The highest BCUT2D eigenvalue weighted by atomic mass is 16.4. The van der Waals surface area contributed by atoms with Crippen LogP contribution in [0.1, 0.15) is 46.7 Å². The highest BCUT2D eigenvalue weighted by molar-refractivity contribution is 5.90. The van der Waals surface area contributed by atoms with Gasteiger partial charge < -0.3 is 21.7 Å². The van der Waals surface area contributed by atoms with E-state index in [-0.39, 0.29) is 12.8 Å². The highest BCUT2D eigenvalue weighted by Gasteiger charge is 1.99. The summed E-state index contributed by atoms with van der Waals surface area (Å²) >= 11 is 0. The molecule has 0 aliphatic rings. The molecule has 10 nitrogen and oxygen atoms in total. The van der Waals surface area contributed by atoms with E-state index >= 15 is 0 Å². The largest absolute Gasteiger partial charge is 0.481 e. The van der Waals surface area contributed by atoms with Gasteiger partial charge in [0.1, 0.15) is 11.4 Å². The zero-order chi connectivity index (χ0) is 21.4. The van der Waals surface area contributed by atoms with Crippen LogP contribution in [0.4, 0.5) is 0 Å². The number of pyridine rings is 2. The molecule has 0 unspecified atom stereocenters. The van der Waals surface area contributed by atoms with Crippen molar-refractivity contribution in [3.05, 3.63) is 60.2 Å². The van der Waals surface area contributed by atoms with E-state index in [0.717, 1.165) is 0 Å². The predicted octanol–water partition coefficient (Wildman–Crippen LogP) is 1.08. The van der Waals surface area contributed by atoms with Crippen LogP contribution in [-0.4, -0.2) is 43.9 Å². The van der Waals surface area contributed by atoms with E-state index < -0.39 is 23.8 Å². The van der Waals surface area contributed by atoms with Crippen LogP contribution in [0.3, 0.4) is 0 Å². The maximum absolute atomic E-state index is 10.4. The Bertz CT molecular complexity index is 688. The first kappa shape index (κ1) is 24.2. The van der Waals surface area contributed by atoms with Gasteiger partial charge in [-0.05, 0) is 37.1 Å². The van der Waals surface area contributed by atoms with Gasteiger partial charge in [0, 0.05) is 25.2 Å². The summed E-state index contributed by atoms with van der Waals surface area (Å²) in [6, 6.07) is 10.0. The molecule has 150 valence electrons. The molecule has 2 rings (SSSR count). The number of carboxylic acids is 2. The third-order valence-electron chi connectivity index (χ3n) is 2.87. The Morgan fingerprint density at radius 2 is 1.07 bits per heavy atom. The van der Waals surface area contributed by atoms with E-state index in [2.05, 4.69) is 9.97 Å². The molecule has 2 aromatic heterocycles. The minimum Gasteiger partial charge on any atom is -0.481 e. The second-order valence-electron chi connectivity index (χ2n) is 5.15. The van der Waals surface area contributed by atoms with Crippen LogP contribution in [0.25, 0.3) is 0 Å². The zero-order valence-corrected chi connectivity index (χ0v) is 15.0. The molecular weight excluding hydrogens is 368 g/mol. The minimum absolute atomic E-state index is 0.0628. The van der Waals surface area contributed by atoms with Crippen molar-refractivity contribution >= 4 is 23.8 Å². The maximum atomic E-state index is 10.4. The Labute approximate surface area is 161 Å². The van der Waals surface area contributed by atoms with E-state index in [9.17, 15) is 19.2 Å². The normalized spacial score (nSPS) is 9.00. The number of nitrogens with zero attached hydrogens (tertiary/aromatic N) is 2. The summed E-state index contributed by atoms with van der Waals surface area (Å²) in [6.07, 6.45) is 4.07. The van der Waals surface area contributed by atoms with Gasteiger partial charge in [-0.2, -0.15) is 0 Å². The first-order valence-corrected chi connectivity index (χ1v) is 8.09. The molecule has 0 saturated heterocycles. The fourth-order valence-electron chi connectivity index (χ4n) is 1.57. The summed E-state index contributed by atoms with van der Waals surface area (Å²) in [5, 5.41) is 16.3. The quantitative estimate of drug-likeness (QED) is 0.505. The fraction of sp³-hybridized carbons (Fsp3) is 0.222. The van der Waals surface area contributed by atoms with Crippen LogP contribution in [0.5, 0.6) is 0 Å². The summed E-state index contributed by atoms with van der Waals surface area (Å²) in [6.45, 7) is 0. The molecule has 0 bridgehead atoms. The first-order valence-electron chi connectivity index (χ1n) is 8.09. The monoisotopic (exact) mass is 390 g/mol. The smallest absolute Gasteiger partial charge is 0.303 e. The molecule has 0 spiro atoms. The summed E-state index contributed by atoms with van der Waals surface area (Å²) in [4.78, 5) is 47.9. The number of aliphatic carboxylic acids is 2. The van der Waals surface area contributed by atoms with Crippen molar-refractivity contribution in [2.24, 2.45) is 11.5 Å². The highest BCUT2D eigenvalue weighted by Crippen LogP contribution is 1.98. The van der Waals surface area contributed by atoms with Gasteiger partial charge in [-0.3, -0.25) is 29.1 Å². The Balaban J connectivity index is 0.000000391. The number of hydrogen-bond acceptors (Lipinski definition) is 6. The molecular formula is C18H22N4O6. The van der Waals surface area contributed by atoms with Crippen LogP contribution < -0.4 is 11.5 Å². The number of hydrogen-bond donors (Lipinski definition) is 4. The third kappa shape index (κ3) is 13.5. The van der Waals surface area contributed by atoms with E-state index in [1.807, 2.05) is 0 Å². The minimum atomic E-state index is -0.870. The average molecular weight is 390 g/mol. The van der Waals surface area contributed by atoms with Crippen LogP contribution in [-0.2, 0) is 9.59 Å². The molecule has 10 heteroatoms. The molecule has 2 heterocycles. The van der Waals surface area contributed by atoms with Crippen LogP contribution >= 0.6 is 0 Å². The maximum Gasteiger partial charge on any atom is 0.303 e. The Kier molecular flexibility index (Phi) is 12.4. The fourth-order valence-corrected chi connectivity index (χ4v) is 1.57. The second kappa shape index (κ2) is 14.4. The van der Waals surface area contributed by atoms with Crippen molar-refractivity contribution in [3.8, 4) is 0 Å². The number of carbonyl (C=O) groups is 4. The lowest BCUT2D eigenvalue weighted by atomic mass is 10.2. The number of carbonyl (C=O) groups excluding carboxylic acids is 2. The van der Waals surface area contributed by atoms with Crippen molar-refractivity contribution < 1.29 is 29.4 Å².